The molecule has 0 aromatic heterocycles. The molecular formula is C15H31NO5S. The highest BCUT2D eigenvalue weighted by Gasteiger charge is 2.18. The molecule has 1 amide bonds. The van der Waals surface area contributed by atoms with Gasteiger partial charge in [-0.1, -0.05) is 25.7 Å². The molecule has 0 rings (SSSR count). The minimum absolute atomic E-state index is 0.264. The quantitative estimate of drug-likeness (QED) is 0.452. The molecule has 22 heavy (non-hydrogen) atoms. The van der Waals surface area contributed by atoms with Crippen LogP contribution in [-0.2, 0) is 19.0 Å². The molecule has 0 aliphatic carbocycles. The first-order chi connectivity index (χ1) is 10.0. The smallest absolute Gasteiger partial charge is 0.410 e. The van der Waals surface area contributed by atoms with Crippen LogP contribution in [0.5, 0.6) is 0 Å². The molecule has 0 aliphatic rings. The summed E-state index contributed by atoms with van der Waals surface area (Å²) < 4.78 is 31.4. The van der Waals surface area contributed by atoms with E-state index in [1.165, 1.54) is 0 Å². The first-order valence-corrected chi connectivity index (χ1v) is 9.61. The third-order valence-electron chi connectivity index (χ3n) is 2.89. The second kappa shape index (κ2) is 10.0. The van der Waals surface area contributed by atoms with Crippen LogP contribution in [0.3, 0.4) is 0 Å². The van der Waals surface area contributed by atoms with Crippen LogP contribution < -0.4 is 0 Å². The number of unbranched alkanes of at least 4 members (excludes halogenated alkanes) is 5. The zero-order chi connectivity index (χ0) is 17.2. The number of carbonyl (C=O) groups is 1. The normalized spacial score (nSPS) is 12.2. The standard InChI is InChI=1S/C15H31NO5S/c1-15(2,3)21-14(17)16(4)12-10-8-6-7-9-11-13-20-22(5,18)19/h6-13H2,1-5H3. The van der Waals surface area contributed by atoms with E-state index < -0.39 is 15.7 Å². The molecule has 0 saturated heterocycles. The zero-order valence-electron chi connectivity index (χ0n) is 14.6. The maximum absolute atomic E-state index is 11.7. The van der Waals surface area contributed by atoms with Gasteiger partial charge in [0.15, 0.2) is 0 Å². The molecular weight excluding hydrogens is 306 g/mol. The molecule has 0 unspecified atom stereocenters. The molecule has 0 radical (unpaired) electrons. The second-order valence-electron chi connectivity index (χ2n) is 6.55. The number of carbonyl (C=O) groups excluding carboxylic acids is 1. The number of hydrogen-bond acceptors (Lipinski definition) is 5. The Morgan fingerprint density at radius 2 is 1.50 bits per heavy atom. The lowest BCUT2D eigenvalue weighted by Gasteiger charge is -2.24. The van der Waals surface area contributed by atoms with E-state index in [9.17, 15) is 13.2 Å². The zero-order valence-corrected chi connectivity index (χ0v) is 15.4. The number of amides is 1. The minimum Gasteiger partial charge on any atom is -0.444 e. The Labute approximate surface area is 135 Å². The van der Waals surface area contributed by atoms with Crippen LogP contribution >= 0.6 is 0 Å². The van der Waals surface area contributed by atoms with Crippen molar-refractivity contribution in [2.45, 2.75) is 64.9 Å². The van der Waals surface area contributed by atoms with Crippen LogP contribution in [0.4, 0.5) is 4.79 Å². The summed E-state index contributed by atoms with van der Waals surface area (Å²) in [6.45, 7) is 6.51. The maximum atomic E-state index is 11.7. The Hall–Kier alpha value is -0.820. The molecule has 6 nitrogen and oxygen atoms in total. The topological polar surface area (TPSA) is 72.9 Å². The molecule has 0 saturated carbocycles. The fraction of sp³-hybridized carbons (Fsp3) is 0.933. The fourth-order valence-corrected chi connectivity index (χ4v) is 2.22. The SMILES string of the molecule is CN(CCCCCCCCOS(C)(=O)=O)C(=O)OC(C)(C)C. The predicted molar refractivity (Wildman–Crippen MR) is 87.4 cm³/mol. The van der Waals surface area contributed by atoms with Crippen LogP contribution in [0.2, 0.25) is 0 Å². The maximum Gasteiger partial charge on any atom is 0.410 e. The first kappa shape index (κ1) is 21.2. The van der Waals surface area contributed by atoms with Gasteiger partial charge in [0.25, 0.3) is 10.1 Å². The molecule has 0 spiro atoms. The lowest BCUT2D eigenvalue weighted by atomic mass is 10.1. The van der Waals surface area contributed by atoms with Gasteiger partial charge in [-0.3, -0.25) is 4.18 Å². The van der Waals surface area contributed by atoms with Crippen molar-refractivity contribution in [1.82, 2.24) is 4.90 Å². The third-order valence-corrected chi connectivity index (χ3v) is 3.49. The van der Waals surface area contributed by atoms with Crippen molar-refractivity contribution in [1.29, 1.82) is 0 Å². The summed E-state index contributed by atoms with van der Waals surface area (Å²) in [7, 11) is -1.56. The molecule has 0 atom stereocenters. The van der Waals surface area contributed by atoms with Gasteiger partial charge in [-0.05, 0) is 33.6 Å². The van der Waals surface area contributed by atoms with Gasteiger partial charge in [-0.2, -0.15) is 8.42 Å². The predicted octanol–water partition coefficient (Wildman–Crippen LogP) is 3.17. The molecule has 0 aromatic carbocycles. The third kappa shape index (κ3) is 14.1. The number of nitrogens with zero attached hydrogens (tertiary/aromatic N) is 1. The Morgan fingerprint density at radius 3 is 2.00 bits per heavy atom. The fourth-order valence-electron chi connectivity index (χ4n) is 1.80. The Balaban J connectivity index is 3.52. The summed E-state index contributed by atoms with van der Waals surface area (Å²) >= 11 is 0. The van der Waals surface area contributed by atoms with E-state index in [1.54, 1.807) is 11.9 Å². The van der Waals surface area contributed by atoms with Gasteiger partial charge >= 0.3 is 6.09 Å². The van der Waals surface area contributed by atoms with Crippen molar-refractivity contribution in [3.05, 3.63) is 0 Å². The molecule has 0 aliphatic heterocycles. The monoisotopic (exact) mass is 337 g/mol. The summed E-state index contributed by atoms with van der Waals surface area (Å²) in [4.78, 5) is 13.3. The average molecular weight is 337 g/mol. The highest BCUT2D eigenvalue weighted by atomic mass is 32.2. The van der Waals surface area contributed by atoms with E-state index in [1.807, 2.05) is 20.8 Å². The van der Waals surface area contributed by atoms with Gasteiger partial charge in [0.05, 0.1) is 12.9 Å². The summed E-state index contributed by atoms with van der Waals surface area (Å²) in [5.41, 5.74) is -0.459. The van der Waals surface area contributed by atoms with Crippen LogP contribution in [0, 0.1) is 0 Å². The molecule has 0 N–H and O–H groups in total. The summed E-state index contributed by atoms with van der Waals surface area (Å²) in [6.07, 6.45) is 6.58. The van der Waals surface area contributed by atoms with Gasteiger partial charge in [-0.25, -0.2) is 4.79 Å². The molecule has 0 bridgehead atoms. The van der Waals surface area contributed by atoms with E-state index in [4.69, 9.17) is 4.74 Å². The van der Waals surface area contributed by atoms with Crippen LogP contribution in [0.15, 0.2) is 0 Å². The van der Waals surface area contributed by atoms with Gasteiger partial charge in [0.2, 0.25) is 0 Å². The van der Waals surface area contributed by atoms with Gasteiger partial charge in [0.1, 0.15) is 5.60 Å². The van der Waals surface area contributed by atoms with Crippen molar-refractivity contribution in [2.24, 2.45) is 0 Å². The number of ether oxygens (including phenoxy) is 1. The first-order valence-electron chi connectivity index (χ1n) is 7.80. The van der Waals surface area contributed by atoms with Crippen molar-refractivity contribution in [2.75, 3.05) is 26.5 Å². The van der Waals surface area contributed by atoms with E-state index in [2.05, 4.69) is 4.18 Å². The minimum atomic E-state index is -3.31. The van der Waals surface area contributed by atoms with Crippen LogP contribution in [-0.4, -0.2) is 51.5 Å². The molecule has 0 heterocycles. The molecule has 132 valence electrons. The molecule has 0 aromatic rings. The Kier molecular flexibility index (Phi) is 9.67. The highest BCUT2D eigenvalue weighted by Crippen LogP contribution is 2.10. The van der Waals surface area contributed by atoms with Crippen molar-refractivity contribution in [3.8, 4) is 0 Å². The van der Waals surface area contributed by atoms with Crippen molar-refractivity contribution >= 4 is 16.2 Å². The van der Waals surface area contributed by atoms with E-state index >= 15 is 0 Å². The van der Waals surface area contributed by atoms with E-state index in [-0.39, 0.29) is 12.7 Å². The Morgan fingerprint density at radius 1 is 1.00 bits per heavy atom. The van der Waals surface area contributed by atoms with E-state index in [0.29, 0.717) is 6.54 Å². The highest BCUT2D eigenvalue weighted by molar-refractivity contribution is 7.85. The van der Waals surface area contributed by atoms with Crippen molar-refractivity contribution in [3.63, 3.8) is 0 Å². The second-order valence-corrected chi connectivity index (χ2v) is 8.19. The summed E-state index contributed by atoms with van der Waals surface area (Å²) in [5.74, 6) is 0. The molecule has 0 fully saturated rings. The molecule has 7 heteroatoms. The van der Waals surface area contributed by atoms with Gasteiger partial charge < -0.3 is 9.64 Å². The lowest BCUT2D eigenvalue weighted by Crippen LogP contribution is -2.34. The summed E-state index contributed by atoms with van der Waals surface area (Å²) in [6, 6.07) is 0. The van der Waals surface area contributed by atoms with Crippen molar-refractivity contribution < 1.29 is 22.1 Å². The van der Waals surface area contributed by atoms with E-state index in [0.717, 1.165) is 44.8 Å². The lowest BCUT2D eigenvalue weighted by molar-refractivity contribution is 0.0296. The van der Waals surface area contributed by atoms with Gasteiger partial charge in [-0.15, -0.1) is 0 Å². The van der Waals surface area contributed by atoms with Crippen LogP contribution in [0.25, 0.3) is 0 Å². The summed E-state index contributed by atoms with van der Waals surface area (Å²) in [5, 5.41) is 0. The Bertz CT molecular complexity index is 414. The number of hydrogen-bond donors (Lipinski definition) is 0. The van der Waals surface area contributed by atoms with Gasteiger partial charge in [0, 0.05) is 13.6 Å². The van der Waals surface area contributed by atoms with Crippen LogP contribution in [0.1, 0.15) is 59.3 Å². The number of rotatable bonds is 10. The average Bonchev–Trinajstić information content (AvgIpc) is 2.33. The largest absolute Gasteiger partial charge is 0.444 e.